The number of non-ortho nitro benzene ring substituents is 1. The van der Waals surface area contributed by atoms with E-state index in [1.54, 1.807) is 18.2 Å². The Bertz CT molecular complexity index is 1130. The number of nitrogens with zero attached hydrogens (tertiary/aromatic N) is 2. The number of aryl methyl sites for hydroxylation is 3. The highest BCUT2D eigenvalue weighted by Crippen LogP contribution is 2.25. The zero-order valence-electron chi connectivity index (χ0n) is 17.8. The van der Waals surface area contributed by atoms with Gasteiger partial charge < -0.3 is 14.6 Å². The van der Waals surface area contributed by atoms with Crippen molar-refractivity contribution in [2.45, 2.75) is 20.8 Å². The standard InChI is InChI=1S/C23H23N3O5/c1-14-11-15(2)22(16(3)12-14)24-21(27)13-25(4)23(28)20-10-9-19(31-20)17-5-7-18(8-6-17)26(29)30/h5-12H,13H2,1-4H3,(H,24,27). The first kappa shape index (κ1) is 21.8. The first-order valence-electron chi connectivity index (χ1n) is 9.63. The SMILES string of the molecule is Cc1cc(C)c(NC(=O)CN(C)C(=O)c2ccc(-c3ccc([N+](=O)[O-])cc3)o2)c(C)c1. The predicted octanol–water partition coefficient (Wildman–Crippen LogP) is 4.49. The van der Waals surface area contributed by atoms with E-state index in [1.165, 1.54) is 30.1 Å². The summed E-state index contributed by atoms with van der Waals surface area (Å²) in [6.45, 7) is 5.70. The molecule has 8 nitrogen and oxygen atoms in total. The molecule has 31 heavy (non-hydrogen) atoms. The van der Waals surface area contributed by atoms with Crippen molar-refractivity contribution in [3.8, 4) is 11.3 Å². The fourth-order valence-electron chi connectivity index (χ4n) is 3.39. The van der Waals surface area contributed by atoms with Crippen LogP contribution >= 0.6 is 0 Å². The van der Waals surface area contributed by atoms with Crippen LogP contribution in [0.3, 0.4) is 0 Å². The quantitative estimate of drug-likeness (QED) is 0.466. The molecule has 8 heteroatoms. The maximum absolute atomic E-state index is 12.7. The lowest BCUT2D eigenvalue weighted by Crippen LogP contribution is -2.35. The molecule has 3 rings (SSSR count). The summed E-state index contributed by atoms with van der Waals surface area (Å²) in [6.07, 6.45) is 0. The van der Waals surface area contributed by atoms with E-state index in [2.05, 4.69) is 5.32 Å². The van der Waals surface area contributed by atoms with Gasteiger partial charge in [0.05, 0.1) is 11.5 Å². The van der Waals surface area contributed by atoms with Gasteiger partial charge in [0.2, 0.25) is 5.91 Å². The number of carbonyl (C=O) groups excluding carboxylic acids is 2. The molecule has 3 aromatic rings. The van der Waals surface area contributed by atoms with E-state index in [-0.39, 0.29) is 23.9 Å². The van der Waals surface area contributed by atoms with Crippen molar-refractivity contribution in [2.75, 3.05) is 18.9 Å². The lowest BCUT2D eigenvalue weighted by molar-refractivity contribution is -0.384. The molecule has 0 bridgehead atoms. The number of furan rings is 1. The maximum atomic E-state index is 12.7. The Morgan fingerprint density at radius 3 is 2.23 bits per heavy atom. The summed E-state index contributed by atoms with van der Waals surface area (Å²) < 4.78 is 5.61. The molecule has 0 unspecified atom stereocenters. The number of nitro benzene ring substituents is 1. The van der Waals surface area contributed by atoms with Crippen LogP contribution in [0.1, 0.15) is 27.2 Å². The van der Waals surface area contributed by atoms with E-state index in [4.69, 9.17) is 4.42 Å². The van der Waals surface area contributed by atoms with Gasteiger partial charge in [-0.1, -0.05) is 17.7 Å². The molecule has 0 radical (unpaired) electrons. The second-order valence-electron chi connectivity index (χ2n) is 7.45. The normalized spacial score (nSPS) is 10.6. The van der Waals surface area contributed by atoms with Crippen LogP contribution in [0.4, 0.5) is 11.4 Å². The van der Waals surface area contributed by atoms with E-state index in [1.807, 2.05) is 32.9 Å². The lowest BCUT2D eigenvalue weighted by atomic mass is 10.1. The van der Waals surface area contributed by atoms with Gasteiger partial charge in [0.1, 0.15) is 5.76 Å². The molecule has 0 aliphatic heterocycles. The van der Waals surface area contributed by atoms with Crippen LogP contribution in [0.25, 0.3) is 11.3 Å². The summed E-state index contributed by atoms with van der Waals surface area (Å²) in [5, 5.41) is 13.6. The second-order valence-corrected chi connectivity index (χ2v) is 7.45. The van der Waals surface area contributed by atoms with E-state index in [9.17, 15) is 19.7 Å². The van der Waals surface area contributed by atoms with Gasteiger partial charge in [0.25, 0.3) is 11.6 Å². The highest BCUT2D eigenvalue weighted by molar-refractivity contribution is 5.98. The molecule has 0 saturated heterocycles. The van der Waals surface area contributed by atoms with E-state index in [0.717, 1.165) is 22.4 Å². The van der Waals surface area contributed by atoms with Crippen molar-refractivity contribution < 1.29 is 18.9 Å². The minimum absolute atomic E-state index is 0.0311. The van der Waals surface area contributed by atoms with Crippen molar-refractivity contribution in [1.82, 2.24) is 4.90 Å². The third-order valence-corrected chi connectivity index (χ3v) is 4.85. The number of hydrogen-bond acceptors (Lipinski definition) is 5. The Labute approximate surface area is 179 Å². The van der Waals surface area contributed by atoms with Gasteiger partial charge in [-0.15, -0.1) is 0 Å². The number of benzene rings is 2. The van der Waals surface area contributed by atoms with Crippen molar-refractivity contribution in [1.29, 1.82) is 0 Å². The Balaban J connectivity index is 1.66. The third kappa shape index (κ3) is 4.98. The molecule has 0 fully saturated rings. The number of nitro groups is 1. The molecule has 0 spiro atoms. The molecule has 160 valence electrons. The second kappa shape index (κ2) is 8.83. The van der Waals surface area contributed by atoms with Crippen LogP contribution in [-0.4, -0.2) is 35.2 Å². The summed E-state index contributed by atoms with van der Waals surface area (Å²) in [6, 6.07) is 12.9. The highest BCUT2D eigenvalue weighted by atomic mass is 16.6. The van der Waals surface area contributed by atoms with Crippen molar-refractivity contribution in [3.05, 3.63) is 81.1 Å². The fourth-order valence-corrected chi connectivity index (χ4v) is 3.39. The van der Waals surface area contributed by atoms with Crippen LogP contribution in [0.2, 0.25) is 0 Å². The van der Waals surface area contributed by atoms with Gasteiger partial charge in [-0.05, 0) is 56.2 Å². The number of hydrogen-bond donors (Lipinski definition) is 1. The molecule has 0 aliphatic rings. The third-order valence-electron chi connectivity index (χ3n) is 4.85. The summed E-state index contributed by atoms with van der Waals surface area (Å²) in [5.74, 6) is -0.276. The number of carbonyl (C=O) groups is 2. The topological polar surface area (TPSA) is 106 Å². The van der Waals surface area contributed by atoms with Gasteiger partial charge in [-0.3, -0.25) is 19.7 Å². The Hall–Kier alpha value is -3.94. The molecule has 0 aliphatic carbocycles. The highest BCUT2D eigenvalue weighted by Gasteiger charge is 2.20. The minimum Gasteiger partial charge on any atom is -0.451 e. The number of rotatable bonds is 6. The zero-order valence-corrected chi connectivity index (χ0v) is 17.8. The largest absolute Gasteiger partial charge is 0.451 e. The van der Waals surface area contributed by atoms with Crippen LogP contribution in [-0.2, 0) is 4.79 Å². The molecule has 2 amide bonds. The number of nitrogens with one attached hydrogen (secondary N) is 1. The molecule has 1 N–H and O–H groups in total. The molecule has 2 aromatic carbocycles. The molecular weight excluding hydrogens is 398 g/mol. The molecule has 1 heterocycles. The number of anilines is 1. The van der Waals surface area contributed by atoms with Crippen LogP contribution < -0.4 is 5.32 Å². The average molecular weight is 421 g/mol. The van der Waals surface area contributed by atoms with E-state index >= 15 is 0 Å². The predicted molar refractivity (Wildman–Crippen MR) is 117 cm³/mol. The van der Waals surface area contributed by atoms with Crippen LogP contribution in [0.5, 0.6) is 0 Å². The lowest BCUT2D eigenvalue weighted by Gasteiger charge is -2.17. The molecule has 0 atom stereocenters. The Morgan fingerprint density at radius 1 is 1.03 bits per heavy atom. The first-order chi connectivity index (χ1) is 14.7. The van der Waals surface area contributed by atoms with Crippen LogP contribution in [0, 0.1) is 30.9 Å². The van der Waals surface area contributed by atoms with Gasteiger partial charge in [-0.25, -0.2) is 0 Å². The monoisotopic (exact) mass is 421 g/mol. The fraction of sp³-hybridized carbons (Fsp3) is 0.217. The van der Waals surface area contributed by atoms with E-state index in [0.29, 0.717) is 11.3 Å². The Kier molecular flexibility index (Phi) is 6.20. The average Bonchev–Trinajstić information content (AvgIpc) is 3.20. The minimum atomic E-state index is -0.486. The first-order valence-corrected chi connectivity index (χ1v) is 9.63. The maximum Gasteiger partial charge on any atom is 0.289 e. The van der Waals surface area contributed by atoms with Gasteiger partial charge >= 0.3 is 0 Å². The summed E-state index contributed by atoms with van der Waals surface area (Å²) in [7, 11) is 1.52. The van der Waals surface area contributed by atoms with Crippen molar-refractivity contribution in [2.24, 2.45) is 0 Å². The van der Waals surface area contributed by atoms with Gasteiger partial charge in [0, 0.05) is 30.4 Å². The number of amides is 2. The summed E-state index contributed by atoms with van der Waals surface area (Å²) in [5.41, 5.74) is 4.35. The van der Waals surface area contributed by atoms with Crippen molar-refractivity contribution in [3.63, 3.8) is 0 Å². The van der Waals surface area contributed by atoms with Gasteiger partial charge in [0.15, 0.2) is 5.76 Å². The smallest absolute Gasteiger partial charge is 0.289 e. The van der Waals surface area contributed by atoms with Gasteiger partial charge in [-0.2, -0.15) is 0 Å². The molecular formula is C23H23N3O5. The summed E-state index contributed by atoms with van der Waals surface area (Å²) in [4.78, 5) is 36.7. The number of likely N-dealkylation sites (N-methyl/N-ethyl adjacent to an activating group) is 1. The summed E-state index contributed by atoms with van der Waals surface area (Å²) >= 11 is 0. The zero-order chi connectivity index (χ0) is 22.7. The molecule has 0 saturated carbocycles. The van der Waals surface area contributed by atoms with E-state index < -0.39 is 10.8 Å². The Morgan fingerprint density at radius 2 is 1.65 bits per heavy atom. The van der Waals surface area contributed by atoms with Crippen molar-refractivity contribution >= 4 is 23.2 Å². The molecule has 1 aromatic heterocycles. The van der Waals surface area contributed by atoms with Crippen LogP contribution in [0.15, 0.2) is 52.9 Å².